The summed E-state index contributed by atoms with van der Waals surface area (Å²) >= 11 is 0. The number of nitrogens with zero attached hydrogens (tertiary/aromatic N) is 3. The molecule has 0 unspecified atom stereocenters. The summed E-state index contributed by atoms with van der Waals surface area (Å²) in [7, 11) is 3.62. The average molecular weight is 411 g/mol. The van der Waals surface area contributed by atoms with Gasteiger partial charge in [-0.25, -0.2) is 4.39 Å². The number of hydrogen-bond donors (Lipinski definition) is 2. The number of carbonyl (C=O) groups is 2. The molecule has 8 heteroatoms. The predicted octanol–water partition coefficient (Wildman–Crippen LogP) is 1.61. The van der Waals surface area contributed by atoms with E-state index in [2.05, 4.69) is 15.6 Å². The van der Waals surface area contributed by atoms with E-state index in [-0.39, 0.29) is 24.2 Å². The molecule has 7 nitrogen and oxygen atoms in total. The van der Waals surface area contributed by atoms with Crippen molar-refractivity contribution in [2.45, 2.75) is 13.1 Å². The van der Waals surface area contributed by atoms with Crippen molar-refractivity contribution in [1.82, 2.24) is 20.4 Å². The van der Waals surface area contributed by atoms with Gasteiger partial charge in [0.15, 0.2) is 5.96 Å². The van der Waals surface area contributed by atoms with E-state index in [0.717, 1.165) is 11.1 Å². The Morgan fingerprint density at radius 3 is 2.47 bits per heavy atom. The lowest BCUT2D eigenvalue weighted by molar-refractivity contribution is -0.123. The van der Waals surface area contributed by atoms with Crippen LogP contribution in [0.2, 0.25) is 0 Å². The minimum atomic E-state index is -0.255. The number of aliphatic imine (C=N–C) groups is 1. The first-order chi connectivity index (χ1) is 14.5. The van der Waals surface area contributed by atoms with Crippen molar-refractivity contribution < 1.29 is 14.0 Å². The van der Waals surface area contributed by atoms with Gasteiger partial charge in [-0.3, -0.25) is 14.6 Å². The second kappa shape index (κ2) is 9.87. The predicted molar refractivity (Wildman–Crippen MR) is 113 cm³/mol. The van der Waals surface area contributed by atoms with Crippen molar-refractivity contribution in [3.05, 3.63) is 71.0 Å². The number of hydrogen-bond acceptors (Lipinski definition) is 3. The van der Waals surface area contributed by atoms with Gasteiger partial charge < -0.3 is 20.4 Å². The van der Waals surface area contributed by atoms with Crippen LogP contribution in [0.3, 0.4) is 0 Å². The molecule has 1 saturated heterocycles. The topological polar surface area (TPSA) is 77.0 Å². The molecule has 0 radical (unpaired) electrons. The van der Waals surface area contributed by atoms with E-state index in [0.29, 0.717) is 37.7 Å². The molecule has 1 aliphatic rings. The number of nitrogens with one attached hydrogen (secondary N) is 2. The molecule has 2 aromatic rings. The largest absolute Gasteiger partial charge is 0.353 e. The first-order valence-corrected chi connectivity index (χ1v) is 9.77. The van der Waals surface area contributed by atoms with Gasteiger partial charge in [-0.05, 0) is 35.4 Å². The second-order valence-electron chi connectivity index (χ2n) is 7.16. The monoisotopic (exact) mass is 411 g/mol. The van der Waals surface area contributed by atoms with E-state index >= 15 is 0 Å². The molecule has 0 aliphatic carbocycles. The maximum atomic E-state index is 13.1. The molecular formula is C22H26FN5O2. The third kappa shape index (κ3) is 5.56. The van der Waals surface area contributed by atoms with Crippen LogP contribution in [0.5, 0.6) is 0 Å². The van der Waals surface area contributed by atoms with Crippen LogP contribution in [0.15, 0.2) is 53.5 Å². The van der Waals surface area contributed by atoms with E-state index in [4.69, 9.17) is 0 Å². The first-order valence-electron chi connectivity index (χ1n) is 9.77. The highest BCUT2D eigenvalue weighted by Crippen LogP contribution is 2.10. The molecule has 0 aromatic heterocycles. The summed E-state index contributed by atoms with van der Waals surface area (Å²) in [5.41, 5.74) is 2.54. The van der Waals surface area contributed by atoms with Crippen molar-refractivity contribution in [2.75, 3.05) is 33.7 Å². The molecule has 1 heterocycles. The third-order valence-corrected chi connectivity index (χ3v) is 4.88. The molecule has 158 valence electrons. The molecule has 30 heavy (non-hydrogen) atoms. The van der Waals surface area contributed by atoms with Gasteiger partial charge >= 0.3 is 0 Å². The smallest absolute Gasteiger partial charge is 0.254 e. The molecular weight excluding hydrogens is 385 g/mol. The Bertz CT molecular complexity index is 912. The third-order valence-electron chi connectivity index (χ3n) is 4.88. The Hall–Kier alpha value is -3.42. The van der Waals surface area contributed by atoms with Crippen LogP contribution in [0.4, 0.5) is 4.39 Å². The van der Waals surface area contributed by atoms with Crippen LogP contribution in [0.1, 0.15) is 21.5 Å². The lowest BCUT2D eigenvalue weighted by atomic mass is 10.1. The summed E-state index contributed by atoms with van der Waals surface area (Å²) in [4.78, 5) is 31.8. The van der Waals surface area contributed by atoms with Gasteiger partial charge in [0, 0.05) is 45.8 Å². The van der Waals surface area contributed by atoms with Crippen LogP contribution >= 0.6 is 0 Å². The van der Waals surface area contributed by atoms with Gasteiger partial charge in [0.05, 0.1) is 6.54 Å². The molecule has 0 atom stereocenters. The molecule has 3 rings (SSSR count). The van der Waals surface area contributed by atoms with E-state index in [9.17, 15) is 14.0 Å². The normalized spacial score (nSPS) is 14.3. The van der Waals surface area contributed by atoms with Gasteiger partial charge in [0.2, 0.25) is 5.91 Å². The van der Waals surface area contributed by atoms with Crippen molar-refractivity contribution in [1.29, 1.82) is 0 Å². The Balaban J connectivity index is 1.54. The van der Waals surface area contributed by atoms with Crippen LogP contribution < -0.4 is 10.6 Å². The van der Waals surface area contributed by atoms with E-state index < -0.39 is 0 Å². The van der Waals surface area contributed by atoms with Gasteiger partial charge in [-0.1, -0.05) is 24.3 Å². The van der Waals surface area contributed by atoms with Crippen molar-refractivity contribution in [3.8, 4) is 0 Å². The Kier molecular flexibility index (Phi) is 7.00. The molecule has 2 amide bonds. The molecule has 2 aromatic carbocycles. The summed E-state index contributed by atoms with van der Waals surface area (Å²) in [5.74, 6) is 0.180. The molecule has 0 spiro atoms. The fourth-order valence-electron chi connectivity index (χ4n) is 3.26. The zero-order chi connectivity index (χ0) is 21.5. The number of guanidine groups is 1. The number of halogens is 1. The lowest BCUT2D eigenvalue weighted by Gasteiger charge is -2.26. The van der Waals surface area contributed by atoms with Crippen molar-refractivity contribution >= 4 is 17.8 Å². The minimum absolute atomic E-state index is 0.0961. The Morgan fingerprint density at radius 1 is 1.17 bits per heavy atom. The maximum Gasteiger partial charge on any atom is 0.254 e. The van der Waals surface area contributed by atoms with Gasteiger partial charge in [0.1, 0.15) is 5.82 Å². The van der Waals surface area contributed by atoms with Crippen molar-refractivity contribution in [3.63, 3.8) is 0 Å². The highest BCUT2D eigenvalue weighted by molar-refractivity contribution is 5.97. The number of rotatable bonds is 5. The maximum absolute atomic E-state index is 13.1. The van der Waals surface area contributed by atoms with Crippen LogP contribution in [0.25, 0.3) is 0 Å². The molecule has 0 bridgehead atoms. The van der Waals surface area contributed by atoms with Crippen molar-refractivity contribution in [2.24, 2.45) is 4.99 Å². The minimum Gasteiger partial charge on any atom is -0.353 e. The Labute approximate surface area is 175 Å². The lowest BCUT2D eigenvalue weighted by Crippen LogP contribution is -2.49. The van der Waals surface area contributed by atoms with E-state index in [1.807, 2.05) is 24.1 Å². The van der Waals surface area contributed by atoms with Crippen LogP contribution in [-0.4, -0.2) is 61.3 Å². The summed E-state index contributed by atoms with van der Waals surface area (Å²) < 4.78 is 13.1. The summed E-state index contributed by atoms with van der Waals surface area (Å²) in [5, 5.41) is 6.00. The van der Waals surface area contributed by atoms with Gasteiger partial charge in [0.25, 0.3) is 5.91 Å². The van der Waals surface area contributed by atoms with Crippen LogP contribution in [0, 0.1) is 5.82 Å². The summed E-state index contributed by atoms with van der Waals surface area (Å²) in [6.07, 6.45) is 0. The number of amides is 2. The average Bonchev–Trinajstić information content (AvgIpc) is 2.76. The van der Waals surface area contributed by atoms with Crippen LogP contribution in [-0.2, 0) is 17.9 Å². The second-order valence-corrected chi connectivity index (χ2v) is 7.16. The summed E-state index contributed by atoms with van der Waals surface area (Å²) in [6.45, 7) is 2.23. The fraction of sp³-hybridized carbons (Fsp3) is 0.318. The number of benzene rings is 2. The standard InChI is InChI=1S/C22H26FN5O2/c1-24-22(27(2)14-17-5-9-19(23)10-6-17)26-13-16-3-7-18(8-4-16)21(30)28-12-11-25-20(29)15-28/h3-10H,11-15H2,1-2H3,(H,24,26)(H,25,29). The zero-order valence-electron chi connectivity index (χ0n) is 17.2. The van der Waals surface area contributed by atoms with Gasteiger partial charge in [-0.15, -0.1) is 0 Å². The number of carbonyl (C=O) groups excluding carboxylic acids is 2. The van der Waals surface area contributed by atoms with E-state index in [1.165, 1.54) is 12.1 Å². The highest BCUT2D eigenvalue weighted by Gasteiger charge is 2.22. The SMILES string of the molecule is CN=C(NCc1ccc(C(=O)N2CCNC(=O)C2)cc1)N(C)Cc1ccc(F)cc1. The molecule has 1 aliphatic heterocycles. The first kappa shape index (κ1) is 21.3. The molecule has 1 fully saturated rings. The Morgan fingerprint density at radius 2 is 1.83 bits per heavy atom. The fourth-order valence-corrected chi connectivity index (χ4v) is 3.26. The summed E-state index contributed by atoms with van der Waals surface area (Å²) in [6, 6.07) is 13.7. The van der Waals surface area contributed by atoms with Gasteiger partial charge in [-0.2, -0.15) is 0 Å². The molecule has 0 saturated carbocycles. The quantitative estimate of drug-likeness (QED) is 0.579. The highest BCUT2D eigenvalue weighted by atomic mass is 19.1. The van der Waals surface area contributed by atoms with E-state index in [1.54, 1.807) is 36.2 Å². The number of piperazine rings is 1. The zero-order valence-corrected chi connectivity index (χ0v) is 17.2. The molecule has 2 N–H and O–H groups in total.